The summed E-state index contributed by atoms with van der Waals surface area (Å²) in [4.78, 5) is 14.0. The van der Waals surface area contributed by atoms with Gasteiger partial charge in [-0.2, -0.15) is 4.31 Å². The molecule has 1 amide bonds. The Bertz CT molecular complexity index is 692. The fourth-order valence-electron chi connectivity index (χ4n) is 3.19. The molecular formula is C17H27ClN3O3S+. The molecule has 1 aromatic carbocycles. The minimum atomic E-state index is -3.70. The summed E-state index contributed by atoms with van der Waals surface area (Å²) in [5.41, 5.74) is 0. The van der Waals surface area contributed by atoms with E-state index in [1.54, 1.807) is 12.1 Å². The van der Waals surface area contributed by atoms with Crippen molar-refractivity contribution in [3.63, 3.8) is 0 Å². The quantitative estimate of drug-likeness (QED) is 0.709. The SMILES string of the molecule is C[C@H](CNC(=O)[C@H]1CCCN1S(=O)(=O)c1ccc(Cl)cc1)C[NH+](C)C. The van der Waals surface area contributed by atoms with Crippen molar-refractivity contribution in [2.24, 2.45) is 5.92 Å². The standard InChI is InChI=1S/C17H26ClN3O3S/c1-13(12-20(2)3)11-19-17(22)16-5-4-10-21(16)25(23,24)15-8-6-14(18)7-9-15/h6-9,13,16H,4-5,10-12H2,1-3H3,(H,19,22)/p+1/t13-,16-/m1/s1. The zero-order valence-electron chi connectivity index (χ0n) is 15.0. The lowest BCUT2D eigenvalue weighted by molar-refractivity contribution is -0.861. The molecule has 0 aliphatic carbocycles. The average molecular weight is 389 g/mol. The van der Waals surface area contributed by atoms with Crippen molar-refractivity contribution >= 4 is 27.5 Å². The van der Waals surface area contributed by atoms with Crippen LogP contribution in [0.25, 0.3) is 0 Å². The predicted octanol–water partition coefficient (Wildman–Crippen LogP) is 0.390. The molecule has 2 rings (SSSR count). The second-order valence-corrected chi connectivity index (χ2v) is 9.32. The number of benzene rings is 1. The van der Waals surface area contributed by atoms with Crippen molar-refractivity contribution in [1.29, 1.82) is 0 Å². The third-order valence-corrected chi connectivity index (χ3v) is 6.48. The van der Waals surface area contributed by atoms with Crippen molar-refractivity contribution in [3.8, 4) is 0 Å². The number of carbonyl (C=O) groups is 1. The summed E-state index contributed by atoms with van der Waals surface area (Å²) in [7, 11) is 0.433. The number of hydrogen-bond donors (Lipinski definition) is 2. The van der Waals surface area contributed by atoms with Gasteiger partial charge in [-0.1, -0.05) is 18.5 Å². The molecule has 25 heavy (non-hydrogen) atoms. The Hall–Kier alpha value is -1.15. The van der Waals surface area contributed by atoms with Crippen LogP contribution >= 0.6 is 11.6 Å². The Morgan fingerprint density at radius 2 is 2.00 bits per heavy atom. The molecule has 0 aromatic heterocycles. The number of amides is 1. The molecular weight excluding hydrogens is 362 g/mol. The first-order chi connectivity index (χ1) is 11.7. The van der Waals surface area contributed by atoms with Crippen molar-refractivity contribution in [2.75, 3.05) is 33.7 Å². The van der Waals surface area contributed by atoms with Gasteiger partial charge in [0.2, 0.25) is 15.9 Å². The van der Waals surface area contributed by atoms with Gasteiger partial charge in [0.15, 0.2) is 0 Å². The number of hydrogen-bond acceptors (Lipinski definition) is 3. The third kappa shape index (κ3) is 5.17. The van der Waals surface area contributed by atoms with E-state index in [1.807, 2.05) is 0 Å². The average Bonchev–Trinajstić information content (AvgIpc) is 3.03. The topological polar surface area (TPSA) is 70.9 Å². The molecule has 140 valence electrons. The largest absolute Gasteiger partial charge is 0.354 e. The summed E-state index contributed by atoms with van der Waals surface area (Å²) >= 11 is 5.83. The van der Waals surface area contributed by atoms with Gasteiger partial charge >= 0.3 is 0 Å². The van der Waals surface area contributed by atoms with Crippen LogP contribution < -0.4 is 10.2 Å². The van der Waals surface area contributed by atoms with Crippen molar-refractivity contribution in [1.82, 2.24) is 9.62 Å². The Morgan fingerprint density at radius 1 is 1.36 bits per heavy atom. The van der Waals surface area contributed by atoms with E-state index in [0.717, 1.165) is 6.54 Å². The van der Waals surface area contributed by atoms with Crippen LogP contribution in [-0.2, 0) is 14.8 Å². The molecule has 6 nitrogen and oxygen atoms in total. The summed E-state index contributed by atoms with van der Waals surface area (Å²) in [6, 6.07) is 5.41. The van der Waals surface area contributed by atoms with E-state index < -0.39 is 16.1 Å². The van der Waals surface area contributed by atoms with Crippen LogP contribution in [0.2, 0.25) is 5.02 Å². The zero-order chi connectivity index (χ0) is 18.6. The van der Waals surface area contributed by atoms with Gasteiger partial charge in [-0.25, -0.2) is 8.42 Å². The maximum atomic E-state index is 12.8. The summed E-state index contributed by atoms with van der Waals surface area (Å²) < 4.78 is 27.0. The second kappa shape index (κ2) is 8.49. The number of quaternary nitrogens is 1. The summed E-state index contributed by atoms with van der Waals surface area (Å²) in [6.45, 7) is 3.93. The zero-order valence-corrected chi connectivity index (χ0v) is 16.5. The molecule has 1 aliphatic heterocycles. The Morgan fingerprint density at radius 3 is 2.60 bits per heavy atom. The van der Waals surface area contributed by atoms with Crippen LogP contribution in [0.3, 0.4) is 0 Å². The summed E-state index contributed by atoms with van der Waals surface area (Å²) in [5, 5.41) is 3.39. The molecule has 1 aliphatic rings. The van der Waals surface area contributed by atoms with E-state index >= 15 is 0 Å². The lowest BCUT2D eigenvalue weighted by Gasteiger charge is -2.24. The number of nitrogens with one attached hydrogen (secondary N) is 2. The van der Waals surface area contributed by atoms with E-state index in [4.69, 9.17) is 11.6 Å². The molecule has 0 unspecified atom stereocenters. The lowest BCUT2D eigenvalue weighted by atomic mass is 10.1. The molecule has 1 heterocycles. The molecule has 2 atom stereocenters. The van der Waals surface area contributed by atoms with E-state index in [2.05, 4.69) is 26.3 Å². The maximum absolute atomic E-state index is 12.8. The highest BCUT2D eigenvalue weighted by atomic mass is 35.5. The van der Waals surface area contributed by atoms with Crippen LogP contribution in [0.15, 0.2) is 29.2 Å². The summed E-state index contributed by atoms with van der Waals surface area (Å²) in [5.74, 6) is 0.118. The van der Waals surface area contributed by atoms with Gasteiger partial charge < -0.3 is 10.2 Å². The fraction of sp³-hybridized carbons (Fsp3) is 0.588. The van der Waals surface area contributed by atoms with Gasteiger partial charge in [-0.15, -0.1) is 0 Å². The molecule has 8 heteroatoms. The molecule has 0 radical (unpaired) electrons. The number of carbonyl (C=O) groups excluding carboxylic acids is 1. The number of nitrogens with zero attached hydrogens (tertiary/aromatic N) is 1. The van der Waals surface area contributed by atoms with Gasteiger partial charge in [0.1, 0.15) is 6.04 Å². The summed E-state index contributed by atoms with van der Waals surface area (Å²) in [6.07, 6.45) is 1.23. The Labute approximate surface area is 155 Å². The van der Waals surface area contributed by atoms with Crippen LogP contribution in [0.4, 0.5) is 0 Å². The van der Waals surface area contributed by atoms with Gasteiger partial charge in [-0.3, -0.25) is 4.79 Å². The number of rotatable bonds is 7. The number of sulfonamides is 1. The normalized spacial score (nSPS) is 20.0. The molecule has 0 spiro atoms. The second-order valence-electron chi connectivity index (χ2n) is 6.99. The fourth-order valence-corrected chi connectivity index (χ4v) is 4.98. The van der Waals surface area contributed by atoms with Crippen molar-refractivity contribution in [2.45, 2.75) is 30.7 Å². The lowest BCUT2D eigenvalue weighted by Crippen LogP contribution is -3.06. The minimum Gasteiger partial charge on any atom is -0.354 e. The minimum absolute atomic E-state index is 0.168. The molecule has 1 fully saturated rings. The van der Waals surface area contributed by atoms with Gasteiger partial charge in [0.25, 0.3) is 0 Å². The first-order valence-corrected chi connectivity index (χ1v) is 10.4. The van der Waals surface area contributed by atoms with Crippen molar-refractivity contribution in [3.05, 3.63) is 29.3 Å². The molecule has 1 aromatic rings. The van der Waals surface area contributed by atoms with Gasteiger partial charge in [0, 0.05) is 24.0 Å². The molecule has 1 saturated heterocycles. The highest BCUT2D eigenvalue weighted by molar-refractivity contribution is 7.89. The number of halogens is 1. The smallest absolute Gasteiger partial charge is 0.243 e. The Kier molecular flexibility index (Phi) is 6.85. The first-order valence-electron chi connectivity index (χ1n) is 8.56. The van der Waals surface area contributed by atoms with Crippen LogP contribution in [0.5, 0.6) is 0 Å². The highest BCUT2D eigenvalue weighted by Gasteiger charge is 2.39. The Balaban J connectivity index is 2.06. The third-order valence-electron chi connectivity index (χ3n) is 4.31. The van der Waals surface area contributed by atoms with Crippen LogP contribution in [0.1, 0.15) is 19.8 Å². The monoisotopic (exact) mass is 388 g/mol. The van der Waals surface area contributed by atoms with Gasteiger partial charge in [-0.05, 0) is 37.1 Å². The first kappa shape index (κ1) is 20.2. The predicted molar refractivity (Wildman–Crippen MR) is 98.2 cm³/mol. The molecule has 0 saturated carbocycles. The molecule has 0 bridgehead atoms. The van der Waals surface area contributed by atoms with E-state index in [-0.39, 0.29) is 10.8 Å². The van der Waals surface area contributed by atoms with Crippen molar-refractivity contribution < 1.29 is 18.1 Å². The van der Waals surface area contributed by atoms with Crippen LogP contribution in [0, 0.1) is 5.92 Å². The van der Waals surface area contributed by atoms with E-state index in [0.29, 0.717) is 36.9 Å². The van der Waals surface area contributed by atoms with Crippen LogP contribution in [-0.4, -0.2) is 58.4 Å². The van der Waals surface area contributed by atoms with E-state index in [1.165, 1.54) is 21.3 Å². The maximum Gasteiger partial charge on any atom is 0.243 e. The van der Waals surface area contributed by atoms with E-state index in [9.17, 15) is 13.2 Å². The van der Waals surface area contributed by atoms with Gasteiger partial charge in [0.05, 0.1) is 25.5 Å². The molecule has 2 N–H and O–H groups in total. The highest BCUT2D eigenvalue weighted by Crippen LogP contribution is 2.27.